The summed E-state index contributed by atoms with van der Waals surface area (Å²) in [6.07, 6.45) is 24.0. The second-order valence-corrected chi connectivity index (χ2v) is 33.8. The van der Waals surface area contributed by atoms with Crippen molar-refractivity contribution in [3.05, 3.63) is 136 Å². The van der Waals surface area contributed by atoms with Crippen molar-refractivity contribution in [1.82, 2.24) is 40.1 Å². The Bertz CT molecular complexity index is 3200. The molecule has 5 saturated heterocycles. The van der Waals surface area contributed by atoms with E-state index in [0.29, 0.717) is 42.4 Å². The Morgan fingerprint density at radius 1 is 0.579 bits per heavy atom. The zero-order valence-corrected chi connectivity index (χ0v) is 60.3. The monoisotopic (exact) mass is 1310 g/mol. The minimum atomic E-state index is -0.323. The highest BCUT2D eigenvalue weighted by Crippen LogP contribution is 2.52. The van der Waals surface area contributed by atoms with Crippen molar-refractivity contribution in [2.75, 3.05) is 85.6 Å². The lowest BCUT2D eigenvalue weighted by molar-refractivity contribution is -0.141. The van der Waals surface area contributed by atoms with Crippen LogP contribution < -0.4 is 10.6 Å². The summed E-state index contributed by atoms with van der Waals surface area (Å²) in [5.74, 6) is 0.316. The molecule has 4 atom stereocenters. The fraction of sp³-hybridized carbons (Fsp3) is 0.667. The van der Waals surface area contributed by atoms with Crippen molar-refractivity contribution in [2.24, 2.45) is 22.2 Å². The zero-order valence-electron chi connectivity index (χ0n) is 60.3. The topological polar surface area (TPSA) is 131 Å². The second kappa shape index (κ2) is 31.1. The van der Waals surface area contributed by atoms with Crippen LogP contribution >= 0.6 is 0 Å². The number of pyridine rings is 1. The number of likely N-dealkylation sites (tertiary alicyclic amines) is 4. The number of nitrogens with zero attached hydrogens (tertiary/aromatic N) is 6. The van der Waals surface area contributed by atoms with Crippen LogP contribution in [0.5, 0.6) is 0 Å². The van der Waals surface area contributed by atoms with Gasteiger partial charge in [0.05, 0.1) is 24.5 Å². The summed E-state index contributed by atoms with van der Waals surface area (Å²) < 4.78 is 19.8. The Kier molecular flexibility index (Phi) is 23.7. The van der Waals surface area contributed by atoms with Crippen molar-refractivity contribution in [3.63, 3.8) is 0 Å². The molecule has 12 rings (SSSR count). The highest BCUT2D eigenvalue weighted by atomic mass is 19.1. The van der Waals surface area contributed by atoms with Crippen molar-refractivity contribution in [1.29, 1.82) is 0 Å². The molecule has 526 valence electrons. The first-order valence-corrected chi connectivity index (χ1v) is 37.0. The minimum absolute atomic E-state index is 0. The molecule has 3 spiro atoms. The largest absolute Gasteiger partial charge is 0.368 e. The van der Waals surface area contributed by atoms with Gasteiger partial charge in [-0.3, -0.25) is 24.2 Å². The third-order valence-electron chi connectivity index (χ3n) is 23.5. The van der Waals surface area contributed by atoms with Crippen LogP contribution in [0.4, 0.5) is 4.39 Å². The summed E-state index contributed by atoms with van der Waals surface area (Å²) >= 11 is 0. The molecule has 4 aromatic rings. The van der Waals surface area contributed by atoms with Crippen LogP contribution in [0.2, 0.25) is 0 Å². The highest BCUT2D eigenvalue weighted by molar-refractivity contribution is 5.82. The number of hydrogen-bond donors (Lipinski definition) is 2. The number of aromatic nitrogens is 1. The number of hydrogen-bond acceptors (Lipinski definition) is 9. The van der Waals surface area contributed by atoms with Crippen LogP contribution in [-0.2, 0) is 46.6 Å². The molecule has 6 heterocycles. The number of carbonyl (C=O) groups is 4. The molecule has 13 nitrogen and oxygen atoms in total. The Labute approximate surface area is 575 Å². The first kappa shape index (κ1) is 72.2. The van der Waals surface area contributed by atoms with E-state index in [2.05, 4.69) is 141 Å². The van der Waals surface area contributed by atoms with E-state index in [1.807, 2.05) is 35.0 Å². The van der Waals surface area contributed by atoms with E-state index >= 15 is 0 Å². The van der Waals surface area contributed by atoms with Crippen LogP contribution in [0.1, 0.15) is 253 Å². The molecule has 3 aromatic carbocycles. The molecule has 95 heavy (non-hydrogen) atoms. The van der Waals surface area contributed by atoms with Crippen LogP contribution in [0.25, 0.3) is 0 Å². The van der Waals surface area contributed by atoms with E-state index < -0.39 is 0 Å². The van der Waals surface area contributed by atoms with Gasteiger partial charge in [0, 0.05) is 56.3 Å². The third kappa shape index (κ3) is 18.6. The average Bonchev–Trinajstić information content (AvgIpc) is 0.775. The molecular formula is C81H125FN8O5. The maximum Gasteiger partial charge on any atom is 0.249 e. The number of halogens is 1. The fourth-order valence-electron chi connectivity index (χ4n) is 17.2. The third-order valence-corrected chi connectivity index (χ3v) is 23.5. The quantitative estimate of drug-likeness (QED) is 0.134. The number of fused-ring (bicyclic) bond motifs is 6. The van der Waals surface area contributed by atoms with Crippen molar-refractivity contribution in [3.8, 4) is 0 Å². The molecular weight excluding hydrogens is 1180 g/mol. The normalized spacial score (nSPS) is 23.6. The molecule has 1 aromatic heterocycles. The molecule has 1 unspecified atom stereocenters. The number of carbonyl (C=O) groups excluding carboxylic acids is 4. The lowest BCUT2D eigenvalue weighted by atomic mass is 9.63. The first-order chi connectivity index (χ1) is 45.2. The van der Waals surface area contributed by atoms with Gasteiger partial charge in [-0.15, -0.1) is 0 Å². The summed E-state index contributed by atoms with van der Waals surface area (Å²) in [7, 11) is 2.01. The Balaban J connectivity index is 0.000000204. The average molecular weight is 1310 g/mol. The molecule has 0 saturated carbocycles. The Morgan fingerprint density at radius 2 is 1.06 bits per heavy atom. The number of piperidine rings is 4. The van der Waals surface area contributed by atoms with E-state index in [1.165, 1.54) is 113 Å². The van der Waals surface area contributed by atoms with E-state index in [4.69, 9.17) is 4.74 Å². The van der Waals surface area contributed by atoms with Crippen LogP contribution in [0.3, 0.4) is 0 Å². The van der Waals surface area contributed by atoms with E-state index in [-0.39, 0.29) is 80.1 Å². The number of ether oxygens (including phenoxy) is 1. The van der Waals surface area contributed by atoms with Gasteiger partial charge in [-0.2, -0.15) is 0 Å². The maximum absolute atomic E-state index is 14.3. The molecule has 0 radical (unpaired) electrons. The van der Waals surface area contributed by atoms with Gasteiger partial charge in [-0.25, -0.2) is 4.39 Å². The molecule has 4 amide bonds. The summed E-state index contributed by atoms with van der Waals surface area (Å²) in [6, 6.07) is 27.1. The number of nitrogens with one attached hydrogen (secondary N) is 2. The summed E-state index contributed by atoms with van der Waals surface area (Å²) in [4.78, 5) is 66.4. The van der Waals surface area contributed by atoms with Gasteiger partial charge in [-0.05, 0) is 271 Å². The van der Waals surface area contributed by atoms with E-state index in [1.54, 1.807) is 31.5 Å². The smallest absolute Gasteiger partial charge is 0.249 e. The number of rotatable bonds is 13. The van der Waals surface area contributed by atoms with Crippen molar-refractivity contribution in [2.45, 2.75) is 238 Å². The van der Waals surface area contributed by atoms with Crippen LogP contribution in [0, 0.1) is 28.0 Å². The molecule has 8 aliphatic rings. The number of amides is 4. The van der Waals surface area contributed by atoms with E-state index in [9.17, 15) is 23.6 Å². The summed E-state index contributed by atoms with van der Waals surface area (Å²) in [5, 5.41) is 6.52. The van der Waals surface area contributed by atoms with E-state index in [0.717, 1.165) is 107 Å². The maximum atomic E-state index is 14.3. The van der Waals surface area contributed by atoms with Crippen LogP contribution in [-0.4, -0.2) is 145 Å². The van der Waals surface area contributed by atoms with Gasteiger partial charge < -0.3 is 39.9 Å². The SMILES string of the molecule is CC(=O)N1CCC(C(=O)N(C)[C@H]2CCC3(CCN(CCC(C)(C)C)CC3)c3ccccc32)CC1.CC(C)(C)CCN1CCC2(CC[C@@H](NC(=O)C3CCCO3)c3ccc(F)cc32)CC1.CC(C)(C)CCN1CCC2(CC[C@@H](NC(=O)Cc3cccnc3)c3ccccc32)CC1.[HH].[HH].[HH]. The molecule has 5 aliphatic heterocycles. The van der Waals surface area contributed by atoms with Gasteiger partial charge in [0.1, 0.15) is 11.9 Å². The fourth-order valence-corrected chi connectivity index (χ4v) is 17.2. The number of benzene rings is 3. The van der Waals surface area contributed by atoms with Gasteiger partial charge >= 0.3 is 0 Å². The molecule has 5 fully saturated rings. The Morgan fingerprint density at radius 3 is 1.56 bits per heavy atom. The predicted octanol–water partition coefficient (Wildman–Crippen LogP) is 15.5. The standard InChI is InChI=1S/C29H45N3O2.C27H37N3O.C25H37FN2O2.3H2/c1-22(33)32-17-11-23(12-18-32)27(34)30(5)26-10-13-29(25-9-7-6-8-24(25)26)15-20-31(21-16-29)19-14-28(2,3)4;1-26(2,3)12-16-30-17-13-27(14-18-30)11-10-24(22-8-4-5-9-23(22)27)29-25(31)19-21-7-6-15-28-20-21;1-24(2,3)10-13-28-14-11-25(12-15-28)9-8-21(19-7-6-18(26)17-20(19)25)27-23(29)22-5-4-16-30-22;;;/h6-9,23,26H,10-21H2,1-5H3;4-9,15,20,24H,10-14,16-19H2,1-3H3,(H,29,31);6-7,17,21-22H,4-5,8-16H2,1-3H3,(H,27,29);3*1H/t26-;24-;21-,22?;;;/m011.../s1. The molecule has 14 heteroatoms. The highest BCUT2D eigenvalue weighted by Gasteiger charge is 2.47. The lowest BCUT2D eigenvalue weighted by Gasteiger charge is -2.49. The van der Waals surface area contributed by atoms with Crippen molar-refractivity contribution >= 4 is 23.6 Å². The van der Waals surface area contributed by atoms with Gasteiger partial charge in [-0.1, -0.05) is 123 Å². The first-order valence-electron chi connectivity index (χ1n) is 37.0. The molecule has 0 bridgehead atoms. The van der Waals surface area contributed by atoms with Crippen LogP contribution in [0.15, 0.2) is 91.3 Å². The minimum Gasteiger partial charge on any atom is -0.368 e. The molecule has 2 N–H and O–H groups in total. The molecule has 3 aliphatic carbocycles. The van der Waals surface area contributed by atoms with Gasteiger partial charge in [0.15, 0.2) is 0 Å². The van der Waals surface area contributed by atoms with Crippen molar-refractivity contribution < 1.29 is 32.6 Å². The predicted molar refractivity (Wildman–Crippen MR) is 387 cm³/mol. The zero-order chi connectivity index (χ0) is 67.8. The Hall–Kier alpha value is -5.54. The lowest BCUT2D eigenvalue weighted by Crippen LogP contribution is -2.48. The summed E-state index contributed by atoms with van der Waals surface area (Å²) in [6.45, 7) is 35.0. The van der Waals surface area contributed by atoms with Gasteiger partial charge in [0.2, 0.25) is 23.6 Å². The second-order valence-electron chi connectivity index (χ2n) is 33.8. The summed E-state index contributed by atoms with van der Waals surface area (Å²) in [5.41, 5.74) is 10.6. The van der Waals surface area contributed by atoms with Gasteiger partial charge in [0.25, 0.3) is 0 Å².